The van der Waals surface area contributed by atoms with E-state index in [1.54, 1.807) is 6.92 Å². The molecule has 3 nitrogen and oxygen atoms in total. The van der Waals surface area contributed by atoms with Crippen LogP contribution in [-0.4, -0.2) is 11.0 Å². The van der Waals surface area contributed by atoms with Crippen LogP contribution in [0.4, 0.5) is 18.9 Å². The van der Waals surface area contributed by atoms with Crippen LogP contribution >= 0.6 is 0 Å². The lowest BCUT2D eigenvalue weighted by Crippen LogP contribution is -2.16. The van der Waals surface area contributed by atoms with Crippen molar-refractivity contribution in [2.45, 2.75) is 13.8 Å². The maximum atomic E-state index is 15.0. The maximum Gasteiger partial charge on any atom is 0.258 e. The molecule has 0 saturated carbocycles. The molecule has 0 unspecified atom stereocenters. The summed E-state index contributed by atoms with van der Waals surface area (Å²) in [6, 6.07) is 10.4. The van der Waals surface area contributed by atoms with Crippen molar-refractivity contribution in [2.24, 2.45) is 0 Å². The van der Waals surface area contributed by atoms with Crippen LogP contribution in [0.3, 0.4) is 0 Å². The molecular weight excluding hydrogens is 355 g/mol. The highest BCUT2D eigenvalue weighted by Gasteiger charge is 2.20. The van der Waals surface area contributed by atoms with Crippen LogP contribution in [0.25, 0.3) is 11.1 Å². The number of phenols is 1. The second-order valence-corrected chi connectivity index (χ2v) is 6.21. The lowest BCUT2D eigenvalue weighted by Gasteiger charge is -2.13. The zero-order chi connectivity index (χ0) is 19.7. The van der Waals surface area contributed by atoms with Gasteiger partial charge in [-0.3, -0.25) is 4.79 Å². The van der Waals surface area contributed by atoms with Gasteiger partial charge in [0, 0.05) is 11.1 Å². The van der Waals surface area contributed by atoms with Gasteiger partial charge < -0.3 is 10.4 Å². The fourth-order valence-corrected chi connectivity index (χ4v) is 2.80. The van der Waals surface area contributed by atoms with Crippen molar-refractivity contribution in [1.82, 2.24) is 0 Å². The molecule has 0 aliphatic carbocycles. The molecule has 3 rings (SSSR count). The number of benzene rings is 3. The molecule has 3 aromatic rings. The van der Waals surface area contributed by atoms with Crippen LogP contribution < -0.4 is 5.32 Å². The number of amides is 1. The molecule has 27 heavy (non-hydrogen) atoms. The summed E-state index contributed by atoms with van der Waals surface area (Å²) in [7, 11) is 0. The zero-order valence-electron chi connectivity index (χ0n) is 14.6. The van der Waals surface area contributed by atoms with Gasteiger partial charge in [-0.15, -0.1) is 0 Å². The molecule has 0 atom stereocenters. The van der Waals surface area contributed by atoms with E-state index < -0.39 is 23.4 Å². The van der Waals surface area contributed by atoms with Crippen molar-refractivity contribution in [3.8, 4) is 16.9 Å². The van der Waals surface area contributed by atoms with Gasteiger partial charge >= 0.3 is 0 Å². The number of aromatic hydroxyl groups is 1. The van der Waals surface area contributed by atoms with Gasteiger partial charge in [0.25, 0.3) is 5.91 Å². The molecule has 1 amide bonds. The molecule has 0 saturated heterocycles. The minimum Gasteiger partial charge on any atom is -0.508 e. The Balaban J connectivity index is 2.05. The third-order valence-electron chi connectivity index (χ3n) is 4.22. The third-order valence-corrected chi connectivity index (χ3v) is 4.22. The molecule has 0 spiro atoms. The number of carbonyl (C=O) groups is 1. The highest BCUT2D eigenvalue weighted by molar-refractivity contribution is 6.06. The van der Waals surface area contributed by atoms with E-state index in [4.69, 9.17) is 0 Å². The van der Waals surface area contributed by atoms with Crippen LogP contribution in [0.2, 0.25) is 0 Å². The standard InChI is InChI=1S/C21H16F3NO2/c1-11-8-15(13-4-3-5-14(22)10-13)19(24)16(9-11)21(27)25-20-12(2)18(26)7-6-17(20)23/h3-10,26H,1-2H3,(H,25,27). The molecule has 0 aliphatic heterocycles. The van der Waals surface area contributed by atoms with E-state index in [9.17, 15) is 23.1 Å². The van der Waals surface area contributed by atoms with Gasteiger partial charge in [0.05, 0.1) is 11.3 Å². The Morgan fingerprint density at radius 1 is 1.00 bits per heavy atom. The number of carbonyl (C=O) groups excluding carboxylic acids is 1. The quantitative estimate of drug-likeness (QED) is 0.652. The van der Waals surface area contributed by atoms with Crippen molar-refractivity contribution in [1.29, 1.82) is 0 Å². The van der Waals surface area contributed by atoms with Gasteiger partial charge in [0.2, 0.25) is 0 Å². The number of nitrogens with one attached hydrogen (secondary N) is 1. The Bertz CT molecular complexity index is 1050. The smallest absolute Gasteiger partial charge is 0.258 e. The summed E-state index contributed by atoms with van der Waals surface area (Å²) in [5.74, 6) is -3.20. The molecule has 0 radical (unpaired) electrons. The van der Waals surface area contributed by atoms with Crippen molar-refractivity contribution in [3.63, 3.8) is 0 Å². The average Bonchev–Trinajstić information content (AvgIpc) is 2.63. The van der Waals surface area contributed by atoms with Crippen LogP contribution in [0.5, 0.6) is 5.75 Å². The second kappa shape index (κ2) is 7.15. The minimum atomic E-state index is -0.874. The SMILES string of the molecule is Cc1cc(C(=O)Nc2c(F)ccc(O)c2C)c(F)c(-c2cccc(F)c2)c1. The first-order valence-corrected chi connectivity index (χ1v) is 8.13. The Labute approximate surface area is 154 Å². The summed E-state index contributed by atoms with van der Waals surface area (Å²) in [5, 5.41) is 12.0. The van der Waals surface area contributed by atoms with Crippen LogP contribution in [-0.2, 0) is 0 Å². The molecule has 6 heteroatoms. The molecule has 0 bridgehead atoms. The third kappa shape index (κ3) is 3.65. The number of phenolic OH excluding ortho intramolecular Hbond substituents is 1. The van der Waals surface area contributed by atoms with Gasteiger partial charge in [-0.05, 0) is 61.4 Å². The molecular formula is C21H16F3NO2. The summed E-state index contributed by atoms with van der Waals surface area (Å²) in [4.78, 5) is 12.6. The Kier molecular flexibility index (Phi) is 4.90. The Morgan fingerprint density at radius 2 is 1.74 bits per heavy atom. The Morgan fingerprint density at radius 3 is 2.44 bits per heavy atom. The van der Waals surface area contributed by atoms with Crippen LogP contribution in [0, 0.1) is 31.3 Å². The molecule has 0 heterocycles. The summed E-state index contributed by atoms with van der Waals surface area (Å²) < 4.78 is 42.5. The lowest BCUT2D eigenvalue weighted by atomic mass is 9.98. The molecule has 0 aromatic heterocycles. The van der Waals surface area contributed by atoms with Crippen molar-refractivity contribution < 1.29 is 23.1 Å². The van der Waals surface area contributed by atoms with Gasteiger partial charge in [-0.25, -0.2) is 13.2 Å². The van der Waals surface area contributed by atoms with Crippen molar-refractivity contribution in [3.05, 3.63) is 82.7 Å². The number of aryl methyl sites for hydroxylation is 1. The van der Waals surface area contributed by atoms with E-state index in [0.29, 0.717) is 5.56 Å². The molecule has 138 valence electrons. The number of halogens is 3. The van der Waals surface area contributed by atoms with Crippen molar-refractivity contribution >= 4 is 11.6 Å². The highest BCUT2D eigenvalue weighted by Crippen LogP contribution is 2.30. The fraction of sp³-hybridized carbons (Fsp3) is 0.0952. The van der Waals surface area contributed by atoms with E-state index in [0.717, 1.165) is 12.1 Å². The summed E-state index contributed by atoms with van der Waals surface area (Å²) in [6.45, 7) is 3.10. The molecule has 0 fully saturated rings. The predicted octanol–water partition coefficient (Wildman–Crippen LogP) is 5.35. The molecule has 0 aliphatic rings. The fourth-order valence-electron chi connectivity index (χ4n) is 2.80. The first-order valence-electron chi connectivity index (χ1n) is 8.13. The number of hydrogen-bond acceptors (Lipinski definition) is 2. The van der Waals surface area contributed by atoms with E-state index in [1.807, 2.05) is 0 Å². The predicted molar refractivity (Wildman–Crippen MR) is 97.3 cm³/mol. The second-order valence-electron chi connectivity index (χ2n) is 6.21. The van der Waals surface area contributed by atoms with Gasteiger partial charge in [-0.2, -0.15) is 0 Å². The van der Waals surface area contributed by atoms with E-state index in [2.05, 4.69) is 5.32 Å². The Hall–Kier alpha value is -3.28. The first kappa shape index (κ1) is 18.5. The van der Waals surface area contributed by atoms with Crippen LogP contribution in [0.15, 0.2) is 48.5 Å². The summed E-state index contributed by atoms with van der Waals surface area (Å²) in [6.07, 6.45) is 0. The van der Waals surface area contributed by atoms with E-state index in [1.165, 1.54) is 43.3 Å². The number of anilines is 1. The van der Waals surface area contributed by atoms with Gasteiger partial charge in [0.1, 0.15) is 23.2 Å². The highest BCUT2D eigenvalue weighted by atomic mass is 19.1. The largest absolute Gasteiger partial charge is 0.508 e. The van der Waals surface area contributed by atoms with Crippen LogP contribution in [0.1, 0.15) is 21.5 Å². The summed E-state index contributed by atoms with van der Waals surface area (Å²) in [5.41, 5.74) is 0.512. The average molecular weight is 371 g/mol. The topological polar surface area (TPSA) is 49.3 Å². The van der Waals surface area contributed by atoms with Gasteiger partial charge in [-0.1, -0.05) is 12.1 Å². The van der Waals surface area contributed by atoms with E-state index in [-0.39, 0.29) is 33.7 Å². The lowest BCUT2D eigenvalue weighted by molar-refractivity contribution is 0.102. The number of hydrogen-bond donors (Lipinski definition) is 2. The minimum absolute atomic E-state index is 0.0627. The monoisotopic (exact) mass is 371 g/mol. The van der Waals surface area contributed by atoms with Crippen molar-refractivity contribution in [2.75, 3.05) is 5.32 Å². The summed E-state index contributed by atoms with van der Waals surface area (Å²) >= 11 is 0. The molecule has 3 aromatic carbocycles. The maximum absolute atomic E-state index is 15.0. The normalized spacial score (nSPS) is 10.7. The molecule has 2 N–H and O–H groups in total. The number of rotatable bonds is 3. The first-order chi connectivity index (χ1) is 12.8. The van der Waals surface area contributed by atoms with E-state index >= 15 is 0 Å². The van der Waals surface area contributed by atoms with Gasteiger partial charge in [0.15, 0.2) is 0 Å². The zero-order valence-corrected chi connectivity index (χ0v) is 14.6.